The summed E-state index contributed by atoms with van der Waals surface area (Å²) in [5, 5.41) is 13.5. The highest BCUT2D eigenvalue weighted by molar-refractivity contribution is 5.86. The van der Waals surface area contributed by atoms with E-state index in [1.165, 1.54) is 6.34 Å². The summed E-state index contributed by atoms with van der Waals surface area (Å²) in [6, 6.07) is 13.6. The molecule has 0 radical (unpaired) electrons. The number of benzene rings is 1. The molecule has 1 atom stereocenters. The number of aromatic nitrogens is 2. The van der Waals surface area contributed by atoms with Gasteiger partial charge in [0.2, 0.25) is 0 Å². The summed E-state index contributed by atoms with van der Waals surface area (Å²) in [5.41, 5.74) is 9.28. The number of nitrogens with one attached hydrogen (secondary N) is 1. The van der Waals surface area contributed by atoms with Crippen LogP contribution in [-0.4, -0.2) is 21.0 Å². The van der Waals surface area contributed by atoms with E-state index in [0.717, 1.165) is 28.2 Å². The Morgan fingerprint density at radius 2 is 2.00 bits per heavy atom. The van der Waals surface area contributed by atoms with Crippen molar-refractivity contribution >= 4 is 18.0 Å². The Kier molecular flexibility index (Phi) is 3.09. The highest BCUT2D eigenvalue weighted by Gasteiger charge is 2.25. The third kappa shape index (κ3) is 2.25. The number of para-hydroxylation sites is 1. The number of nitrogen functional groups attached to an aromatic ring is 1. The van der Waals surface area contributed by atoms with E-state index in [1.807, 2.05) is 47.2 Å². The Balaban J connectivity index is 1.96. The van der Waals surface area contributed by atoms with Crippen molar-refractivity contribution in [1.82, 2.24) is 9.55 Å². The molecule has 0 saturated carbocycles. The van der Waals surface area contributed by atoms with E-state index < -0.39 is 6.23 Å². The average Bonchev–Trinajstić information content (AvgIpc) is 2.97. The van der Waals surface area contributed by atoms with Crippen LogP contribution in [0.1, 0.15) is 11.8 Å². The van der Waals surface area contributed by atoms with Crippen molar-refractivity contribution in [2.75, 3.05) is 11.1 Å². The molecule has 0 spiro atoms. The van der Waals surface area contributed by atoms with Crippen molar-refractivity contribution in [2.45, 2.75) is 6.23 Å². The summed E-state index contributed by atoms with van der Waals surface area (Å²) in [6.07, 6.45) is 4.22. The van der Waals surface area contributed by atoms with Crippen LogP contribution in [0.15, 0.2) is 59.9 Å². The van der Waals surface area contributed by atoms with Gasteiger partial charge in [-0.05, 0) is 29.8 Å². The molecule has 3 aromatic rings. The molecule has 0 bridgehead atoms. The van der Waals surface area contributed by atoms with Crippen molar-refractivity contribution in [3.63, 3.8) is 0 Å². The predicted octanol–water partition coefficient (Wildman–Crippen LogP) is 2.57. The highest BCUT2D eigenvalue weighted by atomic mass is 16.3. The Hall–Kier alpha value is -3.12. The van der Waals surface area contributed by atoms with Gasteiger partial charge in [-0.2, -0.15) is 0 Å². The fraction of sp³-hybridized carbons (Fsp3) is 0.0588. The molecule has 3 heterocycles. The van der Waals surface area contributed by atoms with Crippen LogP contribution in [0, 0.1) is 0 Å². The first kappa shape index (κ1) is 13.5. The monoisotopic (exact) mass is 305 g/mol. The Labute approximate surface area is 132 Å². The molecule has 1 aromatic carbocycles. The number of aliphatic hydroxyl groups excluding tert-OH is 1. The number of fused-ring (bicyclic) bond motifs is 1. The van der Waals surface area contributed by atoms with Gasteiger partial charge in [0, 0.05) is 23.6 Å². The smallest absolute Gasteiger partial charge is 0.177 e. The van der Waals surface area contributed by atoms with E-state index >= 15 is 0 Å². The fourth-order valence-electron chi connectivity index (χ4n) is 2.81. The summed E-state index contributed by atoms with van der Waals surface area (Å²) < 4.78 is 2.00. The Morgan fingerprint density at radius 3 is 2.78 bits per heavy atom. The first-order valence-electron chi connectivity index (χ1n) is 7.23. The van der Waals surface area contributed by atoms with Crippen LogP contribution in [0.4, 0.5) is 11.6 Å². The van der Waals surface area contributed by atoms with Gasteiger partial charge in [0.15, 0.2) is 6.23 Å². The normalized spacial score (nSPS) is 16.0. The standard InChI is InChI=1S/C17H15N5O/c18-14-8-11(6-7-19-14)13-9-22(12-4-2-1-3-5-12)16-15(13)17(23)21-10-20-16/h1-10,17,23H,(H2,18,19)(H,20,21). The summed E-state index contributed by atoms with van der Waals surface area (Å²) >= 11 is 0. The van der Waals surface area contributed by atoms with Gasteiger partial charge in [0.25, 0.3) is 0 Å². The first-order valence-corrected chi connectivity index (χ1v) is 7.23. The lowest BCUT2D eigenvalue weighted by atomic mass is 10.0. The van der Waals surface area contributed by atoms with E-state index in [0.29, 0.717) is 5.82 Å². The molecule has 4 N–H and O–H groups in total. The molecule has 0 fully saturated rings. The van der Waals surface area contributed by atoms with Crippen LogP contribution in [0.5, 0.6) is 0 Å². The molecule has 0 saturated heterocycles. The lowest BCUT2D eigenvalue weighted by Gasteiger charge is -2.17. The number of aliphatic imine (C=N–C) groups is 1. The molecule has 23 heavy (non-hydrogen) atoms. The highest BCUT2D eigenvalue weighted by Crippen LogP contribution is 2.39. The summed E-state index contributed by atoms with van der Waals surface area (Å²) in [4.78, 5) is 8.07. The zero-order valence-electron chi connectivity index (χ0n) is 12.2. The SMILES string of the molecule is Nc1cc(-c2cn(-c3ccccc3)c3c2C(O)N=CN3)ccn1. The van der Waals surface area contributed by atoms with E-state index in [2.05, 4.69) is 15.3 Å². The van der Waals surface area contributed by atoms with E-state index in [-0.39, 0.29) is 0 Å². The number of nitrogens with zero attached hydrogens (tertiary/aromatic N) is 3. The molecule has 0 aliphatic carbocycles. The maximum atomic E-state index is 10.3. The fourth-order valence-corrected chi connectivity index (χ4v) is 2.81. The van der Waals surface area contributed by atoms with E-state index in [9.17, 15) is 5.11 Å². The van der Waals surface area contributed by atoms with Crippen molar-refractivity contribution in [1.29, 1.82) is 0 Å². The zero-order valence-corrected chi connectivity index (χ0v) is 12.2. The maximum Gasteiger partial charge on any atom is 0.177 e. The van der Waals surface area contributed by atoms with Gasteiger partial charge >= 0.3 is 0 Å². The van der Waals surface area contributed by atoms with Crippen molar-refractivity contribution in [3.05, 3.63) is 60.4 Å². The average molecular weight is 305 g/mol. The largest absolute Gasteiger partial charge is 0.384 e. The molecule has 0 amide bonds. The zero-order chi connectivity index (χ0) is 15.8. The molecular weight excluding hydrogens is 290 g/mol. The predicted molar refractivity (Wildman–Crippen MR) is 90.5 cm³/mol. The number of pyridine rings is 1. The summed E-state index contributed by atoms with van der Waals surface area (Å²) in [7, 11) is 0. The second kappa shape index (κ2) is 5.26. The molecule has 6 nitrogen and oxygen atoms in total. The summed E-state index contributed by atoms with van der Waals surface area (Å²) in [6.45, 7) is 0. The Morgan fingerprint density at radius 1 is 1.17 bits per heavy atom. The molecule has 4 rings (SSSR count). The van der Waals surface area contributed by atoms with Crippen molar-refractivity contribution in [3.8, 4) is 16.8 Å². The minimum atomic E-state index is -0.916. The number of anilines is 2. The van der Waals surface area contributed by atoms with Crippen LogP contribution >= 0.6 is 0 Å². The van der Waals surface area contributed by atoms with E-state index in [4.69, 9.17) is 5.73 Å². The van der Waals surface area contributed by atoms with Gasteiger partial charge in [0.05, 0.1) is 11.9 Å². The topological polar surface area (TPSA) is 88.5 Å². The molecule has 1 aliphatic rings. The van der Waals surface area contributed by atoms with Gasteiger partial charge in [-0.25, -0.2) is 9.98 Å². The van der Waals surface area contributed by atoms with E-state index in [1.54, 1.807) is 12.3 Å². The first-order chi connectivity index (χ1) is 11.2. The number of rotatable bonds is 2. The number of nitrogens with two attached hydrogens (primary N) is 1. The van der Waals surface area contributed by atoms with Crippen LogP contribution in [0.25, 0.3) is 16.8 Å². The van der Waals surface area contributed by atoms with Crippen LogP contribution in [0.2, 0.25) is 0 Å². The lowest BCUT2D eigenvalue weighted by molar-refractivity contribution is 0.189. The molecular formula is C17H15N5O. The number of aliphatic hydroxyl groups is 1. The second-order valence-corrected chi connectivity index (χ2v) is 5.28. The van der Waals surface area contributed by atoms with Gasteiger partial charge in [-0.15, -0.1) is 0 Å². The minimum Gasteiger partial charge on any atom is -0.384 e. The molecule has 6 heteroatoms. The van der Waals surface area contributed by atoms with Crippen LogP contribution < -0.4 is 11.1 Å². The molecule has 1 aliphatic heterocycles. The second-order valence-electron chi connectivity index (χ2n) is 5.28. The number of hydrogen-bond donors (Lipinski definition) is 3. The quantitative estimate of drug-likeness (QED) is 0.679. The third-order valence-electron chi connectivity index (χ3n) is 3.85. The third-order valence-corrected chi connectivity index (χ3v) is 3.85. The van der Waals surface area contributed by atoms with Gasteiger partial charge in [-0.3, -0.25) is 0 Å². The summed E-state index contributed by atoms with van der Waals surface area (Å²) in [5.74, 6) is 1.23. The van der Waals surface area contributed by atoms with Gasteiger partial charge in [0.1, 0.15) is 11.6 Å². The van der Waals surface area contributed by atoms with Crippen molar-refractivity contribution < 1.29 is 5.11 Å². The molecule has 1 unspecified atom stereocenters. The lowest BCUT2D eigenvalue weighted by Crippen LogP contribution is -2.12. The van der Waals surface area contributed by atoms with Gasteiger partial charge < -0.3 is 20.7 Å². The van der Waals surface area contributed by atoms with Crippen LogP contribution in [-0.2, 0) is 0 Å². The van der Waals surface area contributed by atoms with Crippen LogP contribution in [0.3, 0.4) is 0 Å². The van der Waals surface area contributed by atoms with Crippen molar-refractivity contribution in [2.24, 2.45) is 4.99 Å². The minimum absolute atomic E-state index is 0.436. The molecule has 2 aromatic heterocycles. The maximum absolute atomic E-state index is 10.3. The molecule has 114 valence electrons. The number of hydrogen-bond acceptors (Lipinski definition) is 5. The Bertz CT molecular complexity index is 885. The van der Waals surface area contributed by atoms with Gasteiger partial charge in [-0.1, -0.05) is 18.2 Å².